The van der Waals surface area contributed by atoms with Gasteiger partial charge < -0.3 is 59.1 Å². The second kappa shape index (κ2) is 30.9. The first-order chi connectivity index (χ1) is 23.0. The van der Waals surface area contributed by atoms with Crippen molar-refractivity contribution in [2.75, 3.05) is 0 Å². The highest BCUT2D eigenvalue weighted by Gasteiger charge is 2.35. The van der Waals surface area contributed by atoms with E-state index in [1.165, 1.54) is 77.0 Å². The van der Waals surface area contributed by atoms with Crippen LogP contribution < -0.4 is 43.1 Å². The van der Waals surface area contributed by atoms with Crippen molar-refractivity contribution in [1.29, 1.82) is 0 Å². The fourth-order valence-corrected chi connectivity index (χ4v) is 5.81. The standard InChI is InChI=1S/C38H62N4O5.2BrH/c1-3-5-7-9-11-13-15-17-19-21-23-25-29-41-31-27-39-35(41)33(43)37(45)47-38(46)34(44)36-40-28-32-42(36)30-26-24-22-20-18-16-14-12-10-8-6-4-2;;/h3-8,27-28,31-34,37-38,43-46H,1-2,9-26,29-30H2;2*1H. The predicted octanol–water partition coefficient (Wildman–Crippen LogP) is 0.852. The normalized spacial score (nSPS) is 14.0. The van der Waals surface area contributed by atoms with E-state index in [0.29, 0.717) is 24.7 Å². The Labute approximate surface area is 316 Å². The Hall–Kier alpha value is -1.86. The van der Waals surface area contributed by atoms with E-state index in [2.05, 4.69) is 35.3 Å². The lowest BCUT2D eigenvalue weighted by Gasteiger charge is -2.21. The molecule has 0 spiro atoms. The number of aromatic nitrogens is 4. The monoisotopic (exact) mass is 814 g/mol. The zero-order valence-corrected chi connectivity index (χ0v) is 32.7. The summed E-state index contributed by atoms with van der Waals surface area (Å²) < 4.78 is 9.01. The summed E-state index contributed by atoms with van der Waals surface area (Å²) in [5, 5.41) is 42.8. The fourth-order valence-electron chi connectivity index (χ4n) is 5.81. The molecule has 0 aliphatic heterocycles. The van der Waals surface area contributed by atoms with Crippen molar-refractivity contribution in [3.63, 3.8) is 0 Å². The molecule has 11 heteroatoms. The number of ether oxygens (including phenoxy) is 1. The lowest BCUT2D eigenvalue weighted by Crippen LogP contribution is -3.00. The molecular weight excluding hydrogens is 752 g/mol. The first-order valence-corrected chi connectivity index (χ1v) is 18.1. The number of imidazole rings is 2. The van der Waals surface area contributed by atoms with E-state index in [0.717, 1.165) is 38.5 Å². The topological polar surface area (TPSA) is 129 Å². The Morgan fingerprint density at radius 1 is 0.551 bits per heavy atom. The molecule has 2 aromatic rings. The van der Waals surface area contributed by atoms with Gasteiger partial charge in [0.15, 0.2) is 12.6 Å². The van der Waals surface area contributed by atoms with E-state index in [-0.39, 0.29) is 34.0 Å². The second-order valence-corrected chi connectivity index (χ2v) is 12.4. The molecule has 0 aliphatic rings. The van der Waals surface area contributed by atoms with Crippen molar-refractivity contribution in [2.45, 2.75) is 153 Å². The van der Waals surface area contributed by atoms with Crippen LogP contribution in [0.2, 0.25) is 0 Å². The molecule has 0 radical (unpaired) electrons. The van der Waals surface area contributed by atoms with E-state index in [4.69, 9.17) is 4.74 Å². The van der Waals surface area contributed by atoms with Crippen LogP contribution in [0.1, 0.15) is 139 Å². The van der Waals surface area contributed by atoms with Crippen LogP contribution in [0.15, 0.2) is 74.4 Å². The first-order valence-electron chi connectivity index (χ1n) is 18.1. The number of hydrogen-bond donors (Lipinski definition) is 6. The highest BCUT2D eigenvalue weighted by atomic mass is 79.9. The molecular formula is C38H64Br2N4O5. The largest absolute Gasteiger partial charge is 1.00 e. The van der Waals surface area contributed by atoms with Crippen LogP contribution in [-0.2, 0) is 17.8 Å². The van der Waals surface area contributed by atoms with Crippen molar-refractivity contribution in [3.05, 3.63) is 86.1 Å². The highest BCUT2D eigenvalue weighted by molar-refractivity contribution is 4.97. The van der Waals surface area contributed by atoms with Crippen molar-refractivity contribution in [1.82, 2.24) is 9.97 Å². The molecule has 6 N–H and O–H groups in total. The predicted molar refractivity (Wildman–Crippen MR) is 187 cm³/mol. The smallest absolute Gasteiger partial charge is 0.288 e. The van der Waals surface area contributed by atoms with Gasteiger partial charge >= 0.3 is 0 Å². The molecule has 280 valence electrons. The number of hydrogen-bond acceptors (Lipinski definition) is 5. The van der Waals surface area contributed by atoms with Gasteiger partial charge in [-0.1, -0.05) is 114 Å². The van der Waals surface area contributed by atoms with Gasteiger partial charge in [0.05, 0.1) is 13.1 Å². The Bertz CT molecular complexity index is 1050. The van der Waals surface area contributed by atoms with Crippen LogP contribution in [0.5, 0.6) is 0 Å². The maximum atomic E-state index is 10.8. The van der Waals surface area contributed by atoms with Gasteiger partial charge in [0.2, 0.25) is 12.2 Å². The Balaban J connectivity index is 0.0000115. The number of allylic oxidation sites excluding steroid dienone is 6. The first kappa shape index (κ1) is 47.1. The van der Waals surface area contributed by atoms with E-state index < -0.39 is 24.8 Å². The van der Waals surface area contributed by atoms with Crippen molar-refractivity contribution in [2.24, 2.45) is 0 Å². The maximum Gasteiger partial charge on any atom is 0.288 e. The van der Waals surface area contributed by atoms with Gasteiger partial charge in [-0.25, -0.2) is 19.1 Å². The summed E-state index contributed by atoms with van der Waals surface area (Å²) in [7, 11) is 0. The fraction of sp³-hybridized carbons (Fsp3) is 0.632. The highest BCUT2D eigenvalue weighted by Crippen LogP contribution is 2.20. The van der Waals surface area contributed by atoms with Gasteiger partial charge in [0.1, 0.15) is 24.8 Å². The van der Waals surface area contributed by atoms with Crippen molar-refractivity contribution < 1.29 is 68.3 Å². The van der Waals surface area contributed by atoms with E-state index in [9.17, 15) is 20.4 Å². The quantitative estimate of drug-likeness (QED) is 0.0302. The van der Waals surface area contributed by atoms with Gasteiger partial charge in [-0.15, -0.1) is 0 Å². The third-order valence-corrected chi connectivity index (χ3v) is 8.55. The number of aromatic amines is 2. The number of nitrogens with one attached hydrogen (secondary N) is 2. The number of halogens is 2. The lowest BCUT2D eigenvalue weighted by molar-refractivity contribution is -0.709. The number of rotatable bonds is 30. The molecule has 0 bridgehead atoms. The van der Waals surface area contributed by atoms with E-state index in [1.54, 1.807) is 12.4 Å². The molecule has 0 saturated carbocycles. The van der Waals surface area contributed by atoms with Crippen LogP contribution in [0.4, 0.5) is 0 Å². The molecule has 2 heterocycles. The summed E-state index contributed by atoms with van der Waals surface area (Å²) in [6, 6.07) is 0. The molecule has 4 atom stereocenters. The number of aliphatic hydroxyl groups excluding tert-OH is 4. The summed E-state index contributed by atoms with van der Waals surface area (Å²) in [6.07, 6.45) is 33.9. The summed E-state index contributed by atoms with van der Waals surface area (Å²) in [5.74, 6) is 0.778. The molecule has 0 saturated heterocycles. The zero-order chi connectivity index (χ0) is 34.0. The van der Waals surface area contributed by atoms with Crippen LogP contribution in [0, 0.1) is 0 Å². The average molecular weight is 817 g/mol. The van der Waals surface area contributed by atoms with E-state index >= 15 is 0 Å². The third kappa shape index (κ3) is 20.6. The summed E-state index contributed by atoms with van der Waals surface area (Å²) in [5.41, 5.74) is 0. The minimum absolute atomic E-state index is 0. The molecule has 2 aromatic heterocycles. The molecule has 9 nitrogen and oxygen atoms in total. The number of aryl methyl sites for hydroxylation is 2. The maximum absolute atomic E-state index is 10.8. The SMILES string of the molecule is C=CC=CCCCCCCCCCC[n+]1cc[nH]c1C(O)C(O)OC(O)C(O)c1[nH]cc[n+]1CCCCCCCCCCC=CC=C.[Br-].[Br-]. The van der Waals surface area contributed by atoms with Gasteiger partial charge in [-0.05, 0) is 51.4 Å². The number of unbranched alkanes of at least 4 members (excludes halogenated alkanes) is 16. The minimum Gasteiger partial charge on any atom is -1.00 e. The number of aliphatic hydroxyl groups is 4. The third-order valence-electron chi connectivity index (χ3n) is 8.55. The Morgan fingerprint density at radius 2 is 0.878 bits per heavy atom. The van der Waals surface area contributed by atoms with Crippen LogP contribution in [-0.4, -0.2) is 43.0 Å². The number of H-pyrrole nitrogens is 2. The molecule has 0 aromatic carbocycles. The zero-order valence-electron chi connectivity index (χ0n) is 29.5. The Kier molecular flexibility index (Phi) is 29.7. The average Bonchev–Trinajstić information content (AvgIpc) is 3.75. The minimum atomic E-state index is -1.73. The van der Waals surface area contributed by atoms with Crippen molar-refractivity contribution in [3.8, 4) is 0 Å². The molecule has 2 rings (SSSR count). The molecule has 0 amide bonds. The molecule has 49 heavy (non-hydrogen) atoms. The number of nitrogens with zero attached hydrogens (tertiary/aromatic N) is 2. The van der Waals surface area contributed by atoms with Crippen LogP contribution in [0.25, 0.3) is 0 Å². The summed E-state index contributed by atoms with van der Waals surface area (Å²) in [4.78, 5) is 5.96. The molecule has 0 fully saturated rings. The summed E-state index contributed by atoms with van der Waals surface area (Å²) >= 11 is 0. The van der Waals surface area contributed by atoms with Gasteiger partial charge in [-0.2, -0.15) is 0 Å². The van der Waals surface area contributed by atoms with Gasteiger partial charge in [-0.3, -0.25) is 0 Å². The van der Waals surface area contributed by atoms with Crippen molar-refractivity contribution >= 4 is 0 Å². The molecule has 4 unspecified atom stereocenters. The second-order valence-electron chi connectivity index (χ2n) is 12.4. The summed E-state index contributed by atoms with van der Waals surface area (Å²) in [6.45, 7) is 8.77. The van der Waals surface area contributed by atoms with Gasteiger partial charge in [0, 0.05) is 0 Å². The lowest BCUT2D eigenvalue weighted by atomic mass is 10.1. The Morgan fingerprint density at radius 3 is 1.22 bits per heavy atom. The van der Waals surface area contributed by atoms with E-state index in [1.807, 2.05) is 45.8 Å². The molecule has 0 aliphatic carbocycles. The van der Waals surface area contributed by atoms with Crippen LogP contribution in [0.3, 0.4) is 0 Å². The van der Waals surface area contributed by atoms with Gasteiger partial charge in [0.25, 0.3) is 11.6 Å². The van der Waals surface area contributed by atoms with Crippen LogP contribution >= 0.6 is 0 Å².